The van der Waals surface area contributed by atoms with Crippen LogP contribution in [0.2, 0.25) is 5.02 Å². The lowest BCUT2D eigenvalue weighted by atomic mass is 10.1. The lowest BCUT2D eigenvalue weighted by Crippen LogP contribution is -2.54. The van der Waals surface area contributed by atoms with Crippen molar-refractivity contribution in [2.24, 2.45) is 0 Å². The third-order valence-electron chi connectivity index (χ3n) is 5.11. The zero-order chi connectivity index (χ0) is 24.9. The molecular weight excluding hydrogens is 472 g/mol. The van der Waals surface area contributed by atoms with Crippen LogP contribution in [0.1, 0.15) is 18.1 Å². The first kappa shape index (κ1) is 23.8. The number of benzene rings is 3. The van der Waals surface area contributed by atoms with E-state index in [1.165, 1.54) is 18.2 Å². The highest BCUT2D eigenvalue weighted by molar-refractivity contribution is 6.39. The van der Waals surface area contributed by atoms with Crippen LogP contribution in [0.5, 0.6) is 17.2 Å². The van der Waals surface area contributed by atoms with Gasteiger partial charge in [0.1, 0.15) is 17.9 Å². The molecule has 9 heteroatoms. The summed E-state index contributed by atoms with van der Waals surface area (Å²) < 4.78 is 11.1. The molecule has 8 nitrogen and oxygen atoms in total. The third kappa shape index (κ3) is 5.28. The number of aromatic hydroxyl groups is 1. The van der Waals surface area contributed by atoms with E-state index in [9.17, 15) is 19.5 Å². The molecule has 1 aliphatic rings. The summed E-state index contributed by atoms with van der Waals surface area (Å²) in [5.41, 5.74) is 1.32. The molecule has 0 unspecified atom stereocenters. The normalized spacial score (nSPS) is 14.7. The molecule has 35 heavy (non-hydrogen) atoms. The van der Waals surface area contributed by atoms with Gasteiger partial charge in [-0.15, -0.1) is 0 Å². The Bertz CT molecular complexity index is 1310. The second kappa shape index (κ2) is 10.3. The molecular formula is C26H21ClN2O6. The standard InChI is InChI=1S/C26H21ClN2O6/c1-2-34-22-14-17(13-21(27)23(22)30)12-20-24(31)28-26(33)29(25(20)32)18-8-10-19(11-9-18)35-15-16-6-4-3-5-7-16/h3-14,30H,2,15H2,1H3,(H,28,31,33)/b20-12-. The van der Waals surface area contributed by atoms with Crippen molar-refractivity contribution < 1.29 is 29.0 Å². The summed E-state index contributed by atoms with van der Waals surface area (Å²) in [6.45, 7) is 2.37. The van der Waals surface area contributed by atoms with Crippen LogP contribution in [-0.4, -0.2) is 29.6 Å². The maximum atomic E-state index is 13.1. The van der Waals surface area contributed by atoms with E-state index in [1.807, 2.05) is 30.3 Å². The molecule has 3 aromatic rings. The molecule has 4 amide bonds. The van der Waals surface area contributed by atoms with Gasteiger partial charge < -0.3 is 14.6 Å². The van der Waals surface area contributed by atoms with Gasteiger partial charge in [-0.3, -0.25) is 14.9 Å². The molecule has 1 aliphatic heterocycles. The number of hydrogen-bond acceptors (Lipinski definition) is 6. The van der Waals surface area contributed by atoms with Gasteiger partial charge in [0.25, 0.3) is 11.8 Å². The van der Waals surface area contributed by atoms with Crippen LogP contribution in [0.4, 0.5) is 10.5 Å². The van der Waals surface area contributed by atoms with Gasteiger partial charge in [0.05, 0.1) is 17.3 Å². The minimum Gasteiger partial charge on any atom is -0.503 e. The number of urea groups is 1. The number of anilines is 1. The summed E-state index contributed by atoms with van der Waals surface area (Å²) in [5, 5.41) is 12.2. The van der Waals surface area contributed by atoms with Crippen molar-refractivity contribution in [1.29, 1.82) is 0 Å². The number of rotatable bonds is 7. The van der Waals surface area contributed by atoms with Crippen molar-refractivity contribution in [3.05, 3.63) is 88.5 Å². The Morgan fingerprint density at radius 1 is 1.00 bits per heavy atom. The zero-order valence-corrected chi connectivity index (χ0v) is 19.4. The molecule has 0 atom stereocenters. The number of carbonyl (C=O) groups is 3. The van der Waals surface area contributed by atoms with Crippen molar-refractivity contribution >= 4 is 41.2 Å². The van der Waals surface area contributed by atoms with Crippen LogP contribution < -0.4 is 19.7 Å². The lowest BCUT2D eigenvalue weighted by molar-refractivity contribution is -0.122. The summed E-state index contributed by atoms with van der Waals surface area (Å²) in [6.07, 6.45) is 1.28. The second-order valence-electron chi connectivity index (χ2n) is 7.51. The maximum absolute atomic E-state index is 13.1. The number of ether oxygens (including phenoxy) is 2. The Morgan fingerprint density at radius 2 is 1.71 bits per heavy atom. The van der Waals surface area contributed by atoms with Gasteiger partial charge in [-0.25, -0.2) is 9.69 Å². The highest BCUT2D eigenvalue weighted by Crippen LogP contribution is 2.36. The number of nitrogens with zero attached hydrogens (tertiary/aromatic N) is 1. The average Bonchev–Trinajstić information content (AvgIpc) is 2.85. The Kier molecular flexibility index (Phi) is 7.03. The first-order valence-corrected chi connectivity index (χ1v) is 11.1. The number of barbiturate groups is 1. The van der Waals surface area contributed by atoms with Gasteiger partial charge in [0.2, 0.25) is 0 Å². The number of imide groups is 2. The van der Waals surface area contributed by atoms with Crippen LogP contribution >= 0.6 is 11.6 Å². The first-order chi connectivity index (χ1) is 16.9. The molecule has 1 fully saturated rings. The predicted molar refractivity (Wildman–Crippen MR) is 131 cm³/mol. The van der Waals surface area contributed by atoms with Crippen molar-refractivity contribution in [3.63, 3.8) is 0 Å². The van der Waals surface area contributed by atoms with Gasteiger partial charge in [-0.1, -0.05) is 41.9 Å². The maximum Gasteiger partial charge on any atom is 0.335 e. The molecule has 0 aliphatic carbocycles. The number of halogens is 1. The predicted octanol–water partition coefficient (Wildman–Crippen LogP) is 4.69. The van der Waals surface area contributed by atoms with Crippen molar-refractivity contribution in [2.75, 3.05) is 11.5 Å². The quantitative estimate of drug-likeness (QED) is 0.366. The number of carbonyl (C=O) groups excluding carboxylic acids is 3. The Balaban J connectivity index is 1.57. The number of hydrogen-bond donors (Lipinski definition) is 2. The number of amides is 4. The lowest BCUT2D eigenvalue weighted by Gasteiger charge is -2.26. The molecule has 2 N–H and O–H groups in total. The molecule has 0 radical (unpaired) electrons. The Labute approximate surface area is 206 Å². The fourth-order valence-electron chi connectivity index (χ4n) is 3.43. The number of nitrogens with one attached hydrogen (secondary N) is 1. The van der Waals surface area contributed by atoms with E-state index < -0.39 is 17.8 Å². The summed E-state index contributed by atoms with van der Waals surface area (Å²) in [7, 11) is 0. The van der Waals surface area contributed by atoms with E-state index in [-0.39, 0.29) is 34.4 Å². The monoisotopic (exact) mass is 492 g/mol. The SMILES string of the molecule is CCOc1cc(/C=C2/C(=O)NC(=O)N(c3ccc(OCc4ccccc4)cc3)C2=O)cc(Cl)c1O. The molecule has 4 rings (SSSR count). The largest absolute Gasteiger partial charge is 0.503 e. The van der Waals surface area contributed by atoms with Gasteiger partial charge in [-0.05, 0) is 60.5 Å². The summed E-state index contributed by atoms with van der Waals surface area (Å²) in [6, 6.07) is 17.9. The highest BCUT2D eigenvalue weighted by Gasteiger charge is 2.36. The van der Waals surface area contributed by atoms with Gasteiger partial charge >= 0.3 is 6.03 Å². The van der Waals surface area contributed by atoms with E-state index in [1.54, 1.807) is 31.2 Å². The fraction of sp³-hybridized carbons (Fsp3) is 0.115. The molecule has 0 saturated carbocycles. The van der Waals surface area contributed by atoms with Crippen molar-refractivity contribution in [2.45, 2.75) is 13.5 Å². The molecule has 0 aromatic heterocycles. The Hall–Kier alpha value is -4.30. The summed E-state index contributed by atoms with van der Waals surface area (Å²) in [4.78, 5) is 38.9. The van der Waals surface area contributed by atoms with Gasteiger partial charge in [0.15, 0.2) is 11.5 Å². The van der Waals surface area contributed by atoms with E-state index in [0.717, 1.165) is 10.5 Å². The zero-order valence-electron chi connectivity index (χ0n) is 18.7. The van der Waals surface area contributed by atoms with Crippen molar-refractivity contribution in [3.8, 4) is 17.2 Å². The second-order valence-corrected chi connectivity index (χ2v) is 7.92. The smallest absolute Gasteiger partial charge is 0.335 e. The molecule has 3 aromatic carbocycles. The molecule has 1 saturated heterocycles. The molecule has 0 spiro atoms. The summed E-state index contributed by atoms with van der Waals surface area (Å²) in [5.74, 6) is -1.24. The van der Waals surface area contributed by atoms with Crippen LogP contribution in [0, 0.1) is 0 Å². The molecule has 0 bridgehead atoms. The minimum atomic E-state index is -0.867. The highest BCUT2D eigenvalue weighted by atomic mass is 35.5. The van der Waals surface area contributed by atoms with Crippen LogP contribution in [0.15, 0.2) is 72.3 Å². The first-order valence-electron chi connectivity index (χ1n) is 10.7. The van der Waals surface area contributed by atoms with Crippen LogP contribution in [0.25, 0.3) is 6.08 Å². The van der Waals surface area contributed by atoms with E-state index in [0.29, 0.717) is 17.9 Å². The third-order valence-corrected chi connectivity index (χ3v) is 5.39. The number of phenols is 1. The van der Waals surface area contributed by atoms with Gasteiger partial charge in [-0.2, -0.15) is 0 Å². The van der Waals surface area contributed by atoms with Crippen LogP contribution in [-0.2, 0) is 16.2 Å². The molecule has 178 valence electrons. The van der Waals surface area contributed by atoms with Crippen LogP contribution in [0.3, 0.4) is 0 Å². The number of phenolic OH excluding ortho intramolecular Hbond substituents is 1. The minimum absolute atomic E-state index is 0.00881. The van der Waals surface area contributed by atoms with Gasteiger partial charge in [0, 0.05) is 0 Å². The fourth-order valence-corrected chi connectivity index (χ4v) is 3.65. The van der Waals surface area contributed by atoms with Crippen molar-refractivity contribution in [1.82, 2.24) is 5.32 Å². The molecule has 1 heterocycles. The summed E-state index contributed by atoms with van der Waals surface area (Å²) >= 11 is 6.05. The van der Waals surface area contributed by atoms with E-state index in [2.05, 4.69) is 5.32 Å². The average molecular weight is 493 g/mol. The topological polar surface area (TPSA) is 105 Å². The Morgan fingerprint density at radius 3 is 2.40 bits per heavy atom. The van der Waals surface area contributed by atoms with E-state index >= 15 is 0 Å². The van der Waals surface area contributed by atoms with E-state index in [4.69, 9.17) is 21.1 Å².